The Morgan fingerprint density at radius 1 is 1.35 bits per heavy atom. The molecule has 1 atom stereocenters. The van der Waals surface area contributed by atoms with Gasteiger partial charge >= 0.3 is 12.1 Å². The molecule has 0 bridgehead atoms. The summed E-state index contributed by atoms with van der Waals surface area (Å²) in [5.41, 5.74) is 1.62. The zero-order chi connectivity index (χ0) is 16.8. The van der Waals surface area contributed by atoms with E-state index < -0.39 is 18.2 Å². The Bertz CT molecular complexity index is 618. The molecule has 0 heterocycles. The maximum Gasteiger partial charge on any atom is 0.415 e. The zero-order valence-corrected chi connectivity index (χ0v) is 13.2. The summed E-state index contributed by atoms with van der Waals surface area (Å²) in [6, 6.07) is 7.37. The molecule has 1 unspecified atom stereocenters. The Morgan fingerprint density at radius 2 is 2.04 bits per heavy atom. The van der Waals surface area contributed by atoms with Crippen molar-refractivity contribution in [2.24, 2.45) is 0 Å². The lowest BCUT2D eigenvalue weighted by atomic mass is 9.94. The largest absolute Gasteiger partial charge is 0.465 e. The molecule has 2 rings (SSSR count). The molecular formula is C17H21N3O3. The molecule has 1 aromatic rings. The number of amides is 3. The van der Waals surface area contributed by atoms with Crippen molar-refractivity contribution in [2.45, 2.75) is 51.1 Å². The Balaban J connectivity index is 2.13. The minimum absolute atomic E-state index is 0.307. The molecule has 6 heteroatoms. The minimum atomic E-state index is -1.27. The number of hydrogen-bond donors (Lipinski definition) is 2. The number of nitriles is 1. The van der Waals surface area contributed by atoms with Crippen LogP contribution in [0.2, 0.25) is 0 Å². The smallest absolute Gasteiger partial charge is 0.415 e. The molecule has 1 saturated carbocycles. The van der Waals surface area contributed by atoms with E-state index in [9.17, 15) is 20.0 Å². The Morgan fingerprint density at radius 3 is 2.61 bits per heavy atom. The van der Waals surface area contributed by atoms with E-state index in [0.717, 1.165) is 29.7 Å². The molecule has 2 N–H and O–H groups in total. The van der Waals surface area contributed by atoms with Crippen molar-refractivity contribution in [3.8, 4) is 6.07 Å². The fourth-order valence-corrected chi connectivity index (χ4v) is 2.98. The highest BCUT2D eigenvalue weighted by atomic mass is 16.4. The average Bonchev–Trinajstić information content (AvgIpc) is 2.53. The molecule has 1 aliphatic rings. The highest BCUT2D eigenvalue weighted by Gasteiger charge is 2.32. The van der Waals surface area contributed by atoms with Crippen molar-refractivity contribution in [3.63, 3.8) is 0 Å². The average molecular weight is 315 g/mol. The summed E-state index contributed by atoms with van der Waals surface area (Å²) in [5.74, 6) is 0. The van der Waals surface area contributed by atoms with Gasteiger partial charge in [-0.1, -0.05) is 49.1 Å². The molecule has 122 valence electrons. The summed E-state index contributed by atoms with van der Waals surface area (Å²) >= 11 is 0. The van der Waals surface area contributed by atoms with Crippen LogP contribution < -0.4 is 5.32 Å². The first kappa shape index (κ1) is 16.8. The van der Waals surface area contributed by atoms with Gasteiger partial charge < -0.3 is 10.4 Å². The first-order valence-corrected chi connectivity index (χ1v) is 7.81. The fraction of sp³-hybridized carbons (Fsp3) is 0.471. The van der Waals surface area contributed by atoms with Crippen molar-refractivity contribution < 1.29 is 14.7 Å². The van der Waals surface area contributed by atoms with E-state index >= 15 is 0 Å². The van der Waals surface area contributed by atoms with Crippen LogP contribution in [0.3, 0.4) is 0 Å². The Kier molecular flexibility index (Phi) is 5.58. The number of urea groups is 1. The predicted octanol–water partition coefficient (Wildman–Crippen LogP) is 3.58. The number of hydrogen-bond acceptors (Lipinski definition) is 3. The molecule has 0 saturated heterocycles. The van der Waals surface area contributed by atoms with Gasteiger partial charge in [0.15, 0.2) is 0 Å². The summed E-state index contributed by atoms with van der Waals surface area (Å²) in [5, 5.41) is 21.2. The van der Waals surface area contributed by atoms with E-state index in [4.69, 9.17) is 0 Å². The van der Waals surface area contributed by atoms with Crippen LogP contribution in [0.1, 0.15) is 49.3 Å². The normalized spacial score (nSPS) is 16.2. The van der Waals surface area contributed by atoms with E-state index in [1.165, 1.54) is 0 Å². The summed E-state index contributed by atoms with van der Waals surface area (Å²) in [6.45, 7) is 1.89. The van der Waals surface area contributed by atoms with Crippen LogP contribution in [0, 0.1) is 18.3 Å². The quantitative estimate of drug-likeness (QED) is 0.891. The third-order valence-electron chi connectivity index (χ3n) is 4.14. The number of nitrogens with zero attached hydrogens (tertiary/aromatic N) is 2. The van der Waals surface area contributed by atoms with Gasteiger partial charge in [-0.25, -0.2) is 14.5 Å². The second-order valence-electron chi connectivity index (χ2n) is 5.87. The first-order chi connectivity index (χ1) is 11.0. The molecule has 0 radical (unpaired) electrons. The minimum Gasteiger partial charge on any atom is -0.465 e. The van der Waals surface area contributed by atoms with Gasteiger partial charge in [0.1, 0.15) is 6.04 Å². The number of imide groups is 1. The summed E-state index contributed by atoms with van der Waals surface area (Å²) < 4.78 is 0. The molecule has 0 spiro atoms. The van der Waals surface area contributed by atoms with Crippen molar-refractivity contribution in [3.05, 3.63) is 35.4 Å². The van der Waals surface area contributed by atoms with Gasteiger partial charge in [0.05, 0.1) is 6.07 Å². The van der Waals surface area contributed by atoms with Crippen molar-refractivity contribution >= 4 is 12.1 Å². The van der Waals surface area contributed by atoms with E-state index in [1.54, 1.807) is 18.2 Å². The van der Waals surface area contributed by atoms with Crippen LogP contribution in [0.4, 0.5) is 9.59 Å². The fourth-order valence-electron chi connectivity index (χ4n) is 2.98. The van der Waals surface area contributed by atoms with E-state index in [1.807, 2.05) is 19.1 Å². The molecule has 3 amide bonds. The summed E-state index contributed by atoms with van der Waals surface area (Å²) in [7, 11) is 0. The zero-order valence-electron chi connectivity index (χ0n) is 13.2. The maximum absolute atomic E-state index is 12.4. The molecule has 1 fully saturated rings. The first-order valence-electron chi connectivity index (χ1n) is 7.81. The highest BCUT2D eigenvalue weighted by molar-refractivity contribution is 5.90. The molecule has 1 aromatic carbocycles. The SMILES string of the molecule is Cc1cccc(C(C#N)NC(=O)N(C(=O)O)C2CCCCC2)c1. The lowest BCUT2D eigenvalue weighted by Gasteiger charge is -2.31. The van der Waals surface area contributed by atoms with Gasteiger partial charge in [0.25, 0.3) is 0 Å². The summed E-state index contributed by atoms with van der Waals surface area (Å²) in [6.07, 6.45) is 3.00. The van der Waals surface area contributed by atoms with Gasteiger partial charge in [-0.3, -0.25) is 0 Å². The molecule has 1 aliphatic carbocycles. The van der Waals surface area contributed by atoms with Crippen molar-refractivity contribution in [1.82, 2.24) is 10.2 Å². The Labute approximate surface area is 135 Å². The topological polar surface area (TPSA) is 93.4 Å². The third-order valence-corrected chi connectivity index (χ3v) is 4.14. The number of carbonyl (C=O) groups is 2. The predicted molar refractivity (Wildman–Crippen MR) is 84.8 cm³/mol. The van der Waals surface area contributed by atoms with Crippen molar-refractivity contribution in [1.29, 1.82) is 5.26 Å². The van der Waals surface area contributed by atoms with Crippen LogP contribution in [-0.2, 0) is 0 Å². The number of carboxylic acid groups (broad SMARTS) is 1. The van der Waals surface area contributed by atoms with Gasteiger partial charge in [0.2, 0.25) is 0 Å². The van der Waals surface area contributed by atoms with Crippen LogP contribution in [0.15, 0.2) is 24.3 Å². The number of carbonyl (C=O) groups excluding carboxylic acids is 1. The van der Waals surface area contributed by atoms with E-state index in [-0.39, 0.29) is 6.04 Å². The molecular weight excluding hydrogens is 294 g/mol. The van der Waals surface area contributed by atoms with Gasteiger partial charge in [-0.05, 0) is 25.3 Å². The highest BCUT2D eigenvalue weighted by Crippen LogP contribution is 2.23. The van der Waals surface area contributed by atoms with Crippen molar-refractivity contribution in [2.75, 3.05) is 0 Å². The maximum atomic E-state index is 12.4. The van der Waals surface area contributed by atoms with Crippen LogP contribution >= 0.6 is 0 Å². The monoisotopic (exact) mass is 315 g/mol. The van der Waals surface area contributed by atoms with E-state index in [0.29, 0.717) is 18.4 Å². The number of aryl methyl sites for hydroxylation is 1. The molecule has 6 nitrogen and oxygen atoms in total. The van der Waals surface area contributed by atoms with Gasteiger partial charge in [-0.15, -0.1) is 0 Å². The molecule has 23 heavy (non-hydrogen) atoms. The second kappa shape index (κ2) is 7.63. The number of nitrogens with one attached hydrogen (secondary N) is 1. The van der Waals surface area contributed by atoms with E-state index in [2.05, 4.69) is 5.32 Å². The number of benzene rings is 1. The third kappa shape index (κ3) is 4.22. The van der Waals surface area contributed by atoms with Gasteiger partial charge in [-0.2, -0.15) is 5.26 Å². The molecule has 0 aliphatic heterocycles. The molecule has 0 aromatic heterocycles. The Hall–Kier alpha value is -2.55. The lowest BCUT2D eigenvalue weighted by Crippen LogP contribution is -2.50. The lowest BCUT2D eigenvalue weighted by molar-refractivity contribution is 0.120. The summed E-state index contributed by atoms with van der Waals surface area (Å²) in [4.78, 5) is 24.7. The van der Waals surface area contributed by atoms with Crippen LogP contribution in [0.5, 0.6) is 0 Å². The van der Waals surface area contributed by atoms with Gasteiger partial charge in [0, 0.05) is 6.04 Å². The standard InChI is InChI=1S/C17H21N3O3/c1-12-6-5-7-13(10-12)15(11-18)19-16(21)20(17(22)23)14-8-3-2-4-9-14/h5-7,10,14-15H,2-4,8-9H2,1H3,(H,19,21)(H,22,23). The second-order valence-corrected chi connectivity index (χ2v) is 5.87. The number of rotatable bonds is 3. The van der Waals surface area contributed by atoms with Crippen LogP contribution in [-0.4, -0.2) is 28.2 Å². The van der Waals surface area contributed by atoms with Crippen LogP contribution in [0.25, 0.3) is 0 Å².